The van der Waals surface area contributed by atoms with E-state index < -0.39 is 0 Å². The summed E-state index contributed by atoms with van der Waals surface area (Å²) in [6.07, 6.45) is 3.28. The topological polar surface area (TPSA) is 40.6 Å². The minimum absolute atomic E-state index is 0.402. The lowest BCUT2D eigenvalue weighted by Crippen LogP contribution is -2.44. The number of nitrogens with one attached hydrogen (secondary N) is 1. The van der Waals surface area contributed by atoms with Crippen LogP contribution in [0.5, 0.6) is 0 Å². The number of anilines is 1. The van der Waals surface area contributed by atoms with Crippen LogP contribution < -0.4 is 10.2 Å². The maximum atomic E-state index is 5.45. The molecule has 6 heteroatoms. The van der Waals surface area contributed by atoms with Gasteiger partial charge in [0.25, 0.3) is 0 Å². The normalized spacial score (nSPS) is 25.4. The maximum absolute atomic E-state index is 5.45. The number of nitrogens with zero attached hydrogens (tertiary/aromatic N) is 3. The molecular formula is C15H26N4OS. The molecule has 0 radical (unpaired) electrons. The molecule has 0 spiro atoms. The smallest absolute Gasteiger partial charge is 0.185 e. The first kappa shape index (κ1) is 15.2. The Labute approximate surface area is 131 Å². The van der Waals surface area contributed by atoms with Crippen molar-refractivity contribution in [1.29, 1.82) is 0 Å². The van der Waals surface area contributed by atoms with Crippen molar-refractivity contribution in [3.63, 3.8) is 0 Å². The van der Waals surface area contributed by atoms with Gasteiger partial charge in [0.05, 0.1) is 13.2 Å². The largest absolute Gasteiger partial charge is 0.379 e. The second-order valence-corrected chi connectivity index (χ2v) is 6.90. The molecule has 1 N–H and O–H groups in total. The van der Waals surface area contributed by atoms with E-state index >= 15 is 0 Å². The highest BCUT2D eigenvalue weighted by Crippen LogP contribution is 2.30. The van der Waals surface area contributed by atoms with Gasteiger partial charge in [0.15, 0.2) is 5.13 Å². The summed E-state index contributed by atoms with van der Waals surface area (Å²) in [7, 11) is 0. The van der Waals surface area contributed by atoms with E-state index in [4.69, 9.17) is 4.74 Å². The third kappa shape index (κ3) is 3.56. The predicted octanol–water partition coefficient (Wildman–Crippen LogP) is 1.72. The number of hydrogen-bond acceptors (Lipinski definition) is 6. The van der Waals surface area contributed by atoms with Crippen LogP contribution in [0.1, 0.15) is 31.2 Å². The second kappa shape index (κ2) is 7.05. The number of aromatic nitrogens is 1. The van der Waals surface area contributed by atoms with Gasteiger partial charge in [0.2, 0.25) is 0 Å². The van der Waals surface area contributed by atoms with Gasteiger partial charge in [-0.2, -0.15) is 0 Å². The molecule has 0 amide bonds. The van der Waals surface area contributed by atoms with Crippen molar-refractivity contribution in [3.05, 3.63) is 11.1 Å². The van der Waals surface area contributed by atoms with Gasteiger partial charge in [-0.25, -0.2) is 4.98 Å². The molecule has 0 aromatic carbocycles. The van der Waals surface area contributed by atoms with Crippen molar-refractivity contribution < 1.29 is 4.74 Å². The first-order chi connectivity index (χ1) is 10.3. The molecule has 0 bridgehead atoms. The molecule has 5 nitrogen and oxygen atoms in total. The summed E-state index contributed by atoms with van der Waals surface area (Å²) in [5.74, 6) is 0. The van der Waals surface area contributed by atoms with Gasteiger partial charge in [-0.05, 0) is 19.9 Å². The predicted molar refractivity (Wildman–Crippen MR) is 87.2 cm³/mol. The van der Waals surface area contributed by atoms with E-state index in [2.05, 4.69) is 33.9 Å². The Bertz CT molecular complexity index is 447. The van der Waals surface area contributed by atoms with Crippen molar-refractivity contribution in [2.24, 2.45) is 0 Å². The molecule has 0 saturated carbocycles. The van der Waals surface area contributed by atoms with Crippen molar-refractivity contribution >= 4 is 16.5 Å². The van der Waals surface area contributed by atoms with Crippen LogP contribution in [-0.4, -0.2) is 61.9 Å². The highest BCUT2D eigenvalue weighted by molar-refractivity contribution is 7.15. The zero-order valence-corrected chi connectivity index (χ0v) is 13.9. The van der Waals surface area contributed by atoms with Crippen LogP contribution in [0.25, 0.3) is 0 Å². The van der Waals surface area contributed by atoms with Crippen LogP contribution >= 0.6 is 11.3 Å². The van der Waals surface area contributed by atoms with Crippen LogP contribution in [0.2, 0.25) is 0 Å². The minimum atomic E-state index is 0.402. The van der Waals surface area contributed by atoms with E-state index in [9.17, 15) is 0 Å². The van der Waals surface area contributed by atoms with Crippen molar-refractivity contribution in [2.45, 2.75) is 32.4 Å². The quantitative estimate of drug-likeness (QED) is 0.897. The zero-order valence-electron chi connectivity index (χ0n) is 13.0. The number of hydrogen-bond donors (Lipinski definition) is 1. The first-order valence-corrected chi connectivity index (χ1v) is 8.85. The van der Waals surface area contributed by atoms with E-state index in [-0.39, 0.29) is 0 Å². The van der Waals surface area contributed by atoms with E-state index in [1.165, 1.54) is 16.4 Å². The minimum Gasteiger partial charge on any atom is -0.379 e. The third-order valence-electron chi connectivity index (χ3n) is 4.44. The van der Waals surface area contributed by atoms with E-state index in [0.29, 0.717) is 12.1 Å². The lowest BCUT2D eigenvalue weighted by Gasteiger charge is -2.32. The Kier molecular flexibility index (Phi) is 5.11. The highest BCUT2D eigenvalue weighted by atomic mass is 32.1. The fourth-order valence-corrected chi connectivity index (χ4v) is 4.16. The molecule has 118 valence electrons. The number of ether oxygens (including phenoxy) is 1. The average molecular weight is 310 g/mol. The first-order valence-electron chi connectivity index (χ1n) is 8.03. The van der Waals surface area contributed by atoms with Gasteiger partial charge in [0.1, 0.15) is 0 Å². The Morgan fingerprint density at radius 1 is 1.43 bits per heavy atom. The maximum Gasteiger partial charge on any atom is 0.185 e. The summed E-state index contributed by atoms with van der Waals surface area (Å²) in [6, 6.07) is 1.08. The van der Waals surface area contributed by atoms with Crippen molar-refractivity contribution in [1.82, 2.24) is 15.2 Å². The van der Waals surface area contributed by atoms with Gasteiger partial charge in [-0.3, -0.25) is 4.90 Å². The van der Waals surface area contributed by atoms with Crippen molar-refractivity contribution in [3.8, 4) is 0 Å². The van der Waals surface area contributed by atoms with Gasteiger partial charge in [0, 0.05) is 49.3 Å². The van der Waals surface area contributed by atoms with Crippen molar-refractivity contribution in [2.75, 3.05) is 50.8 Å². The second-order valence-electron chi connectivity index (χ2n) is 5.86. The molecule has 2 fully saturated rings. The summed E-state index contributed by atoms with van der Waals surface area (Å²) < 4.78 is 5.45. The average Bonchev–Trinajstić information content (AvgIpc) is 3.17. The Hall–Kier alpha value is -0.690. The van der Waals surface area contributed by atoms with Crippen LogP contribution in [0, 0.1) is 0 Å². The molecule has 1 aromatic rings. The van der Waals surface area contributed by atoms with Crippen LogP contribution in [0.15, 0.2) is 6.20 Å². The standard InChI is InChI=1S/C15H26N4OS/c1-3-16-12(2)14-10-17-15(21-14)19-5-4-13(11-19)18-6-8-20-9-7-18/h10,12-13,16H,3-9,11H2,1-2H3. The van der Waals surface area contributed by atoms with Crippen LogP contribution in [-0.2, 0) is 4.74 Å². The molecule has 21 heavy (non-hydrogen) atoms. The number of rotatable bonds is 5. The Morgan fingerprint density at radius 3 is 3.00 bits per heavy atom. The van der Waals surface area contributed by atoms with E-state index in [0.717, 1.165) is 45.9 Å². The van der Waals surface area contributed by atoms with Crippen LogP contribution in [0.4, 0.5) is 5.13 Å². The van der Waals surface area contributed by atoms with Gasteiger partial charge >= 0.3 is 0 Å². The molecule has 2 unspecified atom stereocenters. The fourth-order valence-electron chi connectivity index (χ4n) is 3.19. The lowest BCUT2D eigenvalue weighted by molar-refractivity contribution is 0.0209. The molecule has 3 heterocycles. The van der Waals surface area contributed by atoms with Gasteiger partial charge in [-0.1, -0.05) is 6.92 Å². The molecule has 1 aromatic heterocycles. The molecule has 2 aliphatic rings. The van der Waals surface area contributed by atoms with E-state index in [1.54, 1.807) is 0 Å². The van der Waals surface area contributed by atoms with E-state index in [1.807, 2.05) is 17.5 Å². The zero-order chi connectivity index (χ0) is 14.7. The number of thiazole rings is 1. The summed E-state index contributed by atoms with van der Waals surface area (Å²) in [4.78, 5) is 11.0. The Balaban J connectivity index is 1.58. The lowest BCUT2D eigenvalue weighted by atomic mass is 10.2. The summed E-state index contributed by atoms with van der Waals surface area (Å²) in [5.41, 5.74) is 0. The van der Waals surface area contributed by atoms with Gasteiger partial charge in [-0.15, -0.1) is 11.3 Å². The molecular weight excluding hydrogens is 284 g/mol. The van der Waals surface area contributed by atoms with Crippen LogP contribution in [0.3, 0.4) is 0 Å². The summed E-state index contributed by atoms with van der Waals surface area (Å²) in [6.45, 7) is 11.5. The third-order valence-corrected chi connectivity index (χ3v) is 5.69. The Morgan fingerprint density at radius 2 is 2.24 bits per heavy atom. The molecule has 0 aliphatic carbocycles. The summed E-state index contributed by atoms with van der Waals surface area (Å²) in [5, 5.41) is 4.64. The highest BCUT2D eigenvalue weighted by Gasteiger charge is 2.30. The number of morpholine rings is 1. The van der Waals surface area contributed by atoms with Gasteiger partial charge < -0.3 is 15.0 Å². The molecule has 3 rings (SSSR count). The molecule has 2 atom stereocenters. The summed E-state index contributed by atoms with van der Waals surface area (Å²) >= 11 is 1.84. The molecule has 2 aliphatic heterocycles. The fraction of sp³-hybridized carbons (Fsp3) is 0.800. The monoisotopic (exact) mass is 310 g/mol. The molecule has 2 saturated heterocycles. The SMILES string of the molecule is CCNC(C)c1cnc(N2CCC(N3CCOCC3)C2)s1.